The minimum atomic E-state index is 0. The van der Waals surface area contributed by atoms with Crippen LogP contribution in [0.4, 0.5) is 5.69 Å². The molecule has 194 valence electrons. The molecule has 2 unspecified atom stereocenters. The zero-order valence-electron chi connectivity index (χ0n) is 22.4. The Kier molecular flexibility index (Phi) is 9.80. The largest absolute Gasteiger partial charge is 0.369 e. The molecule has 0 saturated carbocycles. The molecule has 2 aromatic rings. The lowest BCUT2D eigenvalue weighted by atomic mass is 9.83. The van der Waals surface area contributed by atoms with E-state index in [0.717, 1.165) is 13.1 Å². The first kappa shape index (κ1) is 27.7. The molecular formula is C31H50N4. The van der Waals surface area contributed by atoms with Crippen LogP contribution in [-0.2, 0) is 25.7 Å². The summed E-state index contributed by atoms with van der Waals surface area (Å²) in [5.74, 6) is 0. The normalized spacial score (nSPS) is 21.8. The average molecular weight is 479 g/mol. The Balaban J connectivity index is 0.000000202. The van der Waals surface area contributed by atoms with Gasteiger partial charge in [0.15, 0.2) is 0 Å². The second kappa shape index (κ2) is 12.4. The van der Waals surface area contributed by atoms with Gasteiger partial charge in [0.05, 0.1) is 0 Å². The van der Waals surface area contributed by atoms with Crippen LogP contribution in [0.2, 0.25) is 0 Å². The standard InChI is InChI=1S/C17H27N3.C13H19N.CH4/c1-13-4-7-17(20-10-8-19(3)9-11-20)16-12-14(18-2)5-6-15(13)16;1-9-4-5-10(2)13-8-11(14-3)6-7-12(9)13;/h4,7,14,18H,5-6,8-12H2,1-3H3;4-5,11,14H,6-8H2,1-3H3;1H4. The third-order valence-corrected chi connectivity index (χ3v) is 8.59. The van der Waals surface area contributed by atoms with Gasteiger partial charge in [-0.1, -0.05) is 25.6 Å². The fraction of sp³-hybridized carbons (Fsp3) is 0.613. The third-order valence-electron chi connectivity index (χ3n) is 8.59. The highest BCUT2D eigenvalue weighted by atomic mass is 15.2. The highest BCUT2D eigenvalue weighted by Crippen LogP contribution is 2.33. The van der Waals surface area contributed by atoms with E-state index in [-0.39, 0.29) is 7.43 Å². The van der Waals surface area contributed by atoms with Gasteiger partial charge in [0.1, 0.15) is 0 Å². The SMILES string of the molecule is C.CNC1CCc2c(C)ccc(C)c2C1.CNC1CCc2c(C)ccc(N3CCN(C)CC3)c2C1. The van der Waals surface area contributed by atoms with Crippen molar-refractivity contribution in [3.05, 3.63) is 63.2 Å². The summed E-state index contributed by atoms with van der Waals surface area (Å²) in [6, 6.07) is 10.5. The maximum Gasteiger partial charge on any atom is 0.0403 e. The number of piperazine rings is 1. The zero-order valence-corrected chi connectivity index (χ0v) is 22.4. The fourth-order valence-electron chi connectivity index (χ4n) is 6.10. The average Bonchev–Trinajstić information content (AvgIpc) is 2.87. The highest BCUT2D eigenvalue weighted by molar-refractivity contribution is 5.60. The van der Waals surface area contributed by atoms with Crippen molar-refractivity contribution in [2.24, 2.45) is 0 Å². The van der Waals surface area contributed by atoms with Gasteiger partial charge in [-0.3, -0.25) is 0 Å². The van der Waals surface area contributed by atoms with Crippen LogP contribution in [0.5, 0.6) is 0 Å². The maximum atomic E-state index is 3.47. The molecule has 2 N–H and O–H groups in total. The predicted octanol–water partition coefficient (Wildman–Crippen LogP) is 4.84. The number of benzene rings is 2. The van der Waals surface area contributed by atoms with Crippen LogP contribution < -0.4 is 15.5 Å². The molecular weight excluding hydrogens is 428 g/mol. The second-order valence-electron chi connectivity index (χ2n) is 10.8. The molecule has 1 fully saturated rings. The van der Waals surface area contributed by atoms with E-state index in [1.54, 1.807) is 22.3 Å². The van der Waals surface area contributed by atoms with Crippen molar-refractivity contribution in [3.8, 4) is 0 Å². The van der Waals surface area contributed by atoms with Gasteiger partial charge in [-0.15, -0.1) is 0 Å². The lowest BCUT2D eigenvalue weighted by Crippen LogP contribution is -2.45. The smallest absolute Gasteiger partial charge is 0.0403 e. The van der Waals surface area contributed by atoms with E-state index in [9.17, 15) is 0 Å². The number of hydrogen-bond acceptors (Lipinski definition) is 4. The van der Waals surface area contributed by atoms with Gasteiger partial charge in [0.2, 0.25) is 0 Å². The molecule has 4 nitrogen and oxygen atoms in total. The number of fused-ring (bicyclic) bond motifs is 2. The van der Waals surface area contributed by atoms with E-state index >= 15 is 0 Å². The van der Waals surface area contributed by atoms with Crippen molar-refractivity contribution in [2.75, 3.05) is 52.2 Å². The number of aryl methyl sites for hydroxylation is 3. The van der Waals surface area contributed by atoms with Crippen LogP contribution in [0.1, 0.15) is 59.2 Å². The Bertz CT molecular complexity index is 974. The quantitative estimate of drug-likeness (QED) is 0.661. The summed E-state index contributed by atoms with van der Waals surface area (Å²) in [6.07, 6.45) is 7.43. The van der Waals surface area contributed by atoms with Gasteiger partial charge in [-0.25, -0.2) is 0 Å². The Morgan fingerprint density at radius 3 is 1.66 bits per heavy atom. The summed E-state index contributed by atoms with van der Waals surface area (Å²) in [6.45, 7) is 11.4. The summed E-state index contributed by atoms with van der Waals surface area (Å²) in [5.41, 5.74) is 12.3. The fourth-order valence-corrected chi connectivity index (χ4v) is 6.10. The molecule has 1 heterocycles. The van der Waals surface area contributed by atoms with Crippen LogP contribution in [0.25, 0.3) is 0 Å². The van der Waals surface area contributed by atoms with Crippen LogP contribution in [-0.4, -0.2) is 64.3 Å². The molecule has 0 bridgehead atoms. The van der Waals surface area contributed by atoms with E-state index in [1.165, 1.54) is 74.0 Å². The number of nitrogens with zero attached hydrogens (tertiary/aromatic N) is 2. The monoisotopic (exact) mass is 478 g/mol. The molecule has 5 rings (SSSR count). The summed E-state index contributed by atoms with van der Waals surface area (Å²) in [7, 11) is 6.39. The van der Waals surface area contributed by atoms with Gasteiger partial charge in [0.25, 0.3) is 0 Å². The van der Waals surface area contributed by atoms with E-state index in [4.69, 9.17) is 0 Å². The summed E-state index contributed by atoms with van der Waals surface area (Å²) < 4.78 is 0. The molecule has 1 saturated heterocycles. The van der Waals surface area contributed by atoms with E-state index in [0.29, 0.717) is 12.1 Å². The van der Waals surface area contributed by atoms with Crippen LogP contribution in [0, 0.1) is 20.8 Å². The molecule has 0 aromatic heterocycles. The molecule has 0 spiro atoms. The maximum absolute atomic E-state index is 3.47. The Hall–Kier alpha value is -1.88. The molecule has 0 radical (unpaired) electrons. The first-order valence-electron chi connectivity index (χ1n) is 13.4. The molecule has 2 atom stereocenters. The molecule has 2 aromatic carbocycles. The van der Waals surface area contributed by atoms with Crippen molar-refractivity contribution in [2.45, 2.75) is 78.8 Å². The van der Waals surface area contributed by atoms with Crippen LogP contribution in [0.15, 0.2) is 24.3 Å². The third kappa shape index (κ3) is 6.28. The van der Waals surface area contributed by atoms with Gasteiger partial charge in [-0.05, 0) is 125 Å². The Morgan fingerprint density at radius 1 is 0.657 bits per heavy atom. The van der Waals surface area contributed by atoms with Crippen molar-refractivity contribution in [1.29, 1.82) is 0 Å². The summed E-state index contributed by atoms with van der Waals surface area (Å²) in [4.78, 5) is 5.02. The molecule has 4 heteroatoms. The highest BCUT2D eigenvalue weighted by Gasteiger charge is 2.25. The number of anilines is 1. The van der Waals surface area contributed by atoms with Gasteiger partial charge < -0.3 is 20.4 Å². The first-order valence-corrected chi connectivity index (χ1v) is 13.4. The van der Waals surface area contributed by atoms with E-state index < -0.39 is 0 Å². The molecule has 35 heavy (non-hydrogen) atoms. The van der Waals surface area contributed by atoms with Crippen LogP contribution >= 0.6 is 0 Å². The molecule has 0 amide bonds. The van der Waals surface area contributed by atoms with E-state index in [2.05, 4.69) is 86.6 Å². The Morgan fingerprint density at radius 2 is 1.11 bits per heavy atom. The van der Waals surface area contributed by atoms with Crippen LogP contribution in [0.3, 0.4) is 0 Å². The molecule has 2 aliphatic carbocycles. The van der Waals surface area contributed by atoms with Gasteiger partial charge >= 0.3 is 0 Å². The van der Waals surface area contributed by atoms with Crippen molar-refractivity contribution in [1.82, 2.24) is 15.5 Å². The van der Waals surface area contributed by atoms with Crippen molar-refractivity contribution in [3.63, 3.8) is 0 Å². The predicted molar refractivity (Wildman–Crippen MR) is 153 cm³/mol. The van der Waals surface area contributed by atoms with Gasteiger partial charge in [-0.2, -0.15) is 0 Å². The minimum absolute atomic E-state index is 0. The zero-order chi connectivity index (χ0) is 24.2. The number of likely N-dealkylation sites (N-methyl/N-ethyl adjacent to an activating group) is 3. The van der Waals surface area contributed by atoms with E-state index in [1.807, 2.05) is 0 Å². The minimum Gasteiger partial charge on any atom is -0.369 e. The lowest BCUT2D eigenvalue weighted by molar-refractivity contribution is 0.312. The second-order valence-corrected chi connectivity index (χ2v) is 10.8. The number of nitrogens with one attached hydrogen (secondary N) is 2. The summed E-state index contributed by atoms with van der Waals surface area (Å²) >= 11 is 0. The topological polar surface area (TPSA) is 30.5 Å². The Labute approximate surface area is 215 Å². The number of rotatable bonds is 3. The molecule has 3 aliphatic rings. The molecule has 1 aliphatic heterocycles. The number of hydrogen-bond donors (Lipinski definition) is 2. The first-order chi connectivity index (χ1) is 16.4. The van der Waals surface area contributed by atoms with Crippen molar-refractivity contribution < 1.29 is 0 Å². The lowest BCUT2D eigenvalue weighted by Gasteiger charge is -2.37. The summed E-state index contributed by atoms with van der Waals surface area (Å²) in [5, 5.41) is 6.87. The van der Waals surface area contributed by atoms with Crippen molar-refractivity contribution >= 4 is 5.69 Å². The van der Waals surface area contributed by atoms with Gasteiger partial charge in [0, 0.05) is 44.0 Å².